The predicted molar refractivity (Wildman–Crippen MR) is 125 cm³/mol. The number of ether oxygens (including phenoxy) is 3. The first-order chi connectivity index (χ1) is 17.1. The average Bonchev–Trinajstić information content (AvgIpc) is 3.46. The molecule has 2 aromatic carbocycles. The van der Waals surface area contributed by atoms with Gasteiger partial charge in [-0.15, -0.1) is 0 Å². The molecular weight excluding hydrogens is 450 g/mol. The topological polar surface area (TPSA) is 117 Å². The van der Waals surface area contributed by atoms with Gasteiger partial charge in [-0.1, -0.05) is 24.3 Å². The fraction of sp³-hybridized carbons (Fsp3) is 0.160. The van der Waals surface area contributed by atoms with Gasteiger partial charge in [-0.05, 0) is 41.5 Å². The van der Waals surface area contributed by atoms with Gasteiger partial charge in [0.2, 0.25) is 5.88 Å². The molecule has 0 saturated heterocycles. The Morgan fingerprint density at radius 3 is 2.40 bits per heavy atom. The zero-order chi connectivity index (χ0) is 24.6. The highest BCUT2D eigenvalue weighted by Crippen LogP contribution is 2.19. The van der Waals surface area contributed by atoms with Crippen molar-refractivity contribution in [1.82, 2.24) is 25.1 Å². The number of carbonyl (C=O) groups is 2. The SMILES string of the molecule is COC(=O)c1ccc(CNC(=O)c2cnc(-n3cccn3)nc2OCc2ccc(OC)cc2)cc1. The molecule has 2 heterocycles. The molecule has 0 spiro atoms. The molecular formula is C25H23N5O5. The first-order valence-electron chi connectivity index (χ1n) is 10.7. The lowest BCUT2D eigenvalue weighted by atomic mass is 10.1. The number of hydrogen-bond donors (Lipinski definition) is 1. The van der Waals surface area contributed by atoms with Crippen LogP contribution in [0.15, 0.2) is 73.2 Å². The molecule has 0 aliphatic heterocycles. The van der Waals surface area contributed by atoms with E-state index in [0.717, 1.165) is 16.9 Å². The molecule has 1 amide bonds. The molecule has 10 heteroatoms. The fourth-order valence-corrected chi connectivity index (χ4v) is 3.15. The van der Waals surface area contributed by atoms with Crippen LogP contribution in [0.2, 0.25) is 0 Å². The van der Waals surface area contributed by atoms with E-state index < -0.39 is 11.9 Å². The van der Waals surface area contributed by atoms with Crippen molar-refractivity contribution in [2.24, 2.45) is 0 Å². The van der Waals surface area contributed by atoms with Crippen LogP contribution in [0, 0.1) is 0 Å². The number of aromatic nitrogens is 4. The van der Waals surface area contributed by atoms with Crippen LogP contribution in [0.25, 0.3) is 5.95 Å². The quantitative estimate of drug-likeness (QED) is 0.369. The van der Waals surface area contributed by atoms with Gasteiger partial charge in [0.05, 0.1) is 19.8 Å². The van der Waals surface area contributed by atoms with Crippen molar-refractivity contribution in [2.45, 2.75) is 13.2 Å². The lowest BCUT2D eigenvalue weighted by Crippen LogP contribution is -2.24. The summed E-state index contributed by atoms with van der Waals surface area (Å²) in [6, 6.07) is 15.9. The van der Waals surface area contributed by atoms with E-state index in [1.54, 1.807) is 49.8 Å². The van der Waals surface area contributed by atoms with Gasteiger partial charge in [-0.25, -0.2) is 14.5 Å². The number of methoxy groups -OCH3 is 2. The van der Waals surface area contributed by atoms with Crippen molar-refractivity contribution in [3.63, 3.8) is 0 Å². The molecule has 0 aliphatic rings. The van der Waals surface area contributed by atoms with Gasteiger partial charge in [0.1, 0.15) is 17.9 Å². The van der Waals surface area contributed by atoms with Crippen molar-refractivity contribution in [1.29, 1.82) is 0 Å². The Kier molecular flexibility index (Phi) is 7.31. The van der Waals surface area contributed by atoms with Gasteiger partial charge in [0, 0.05) is 25.1 Å². The zero-order valence-electron chi connectivity index (χ0n) is 19.2. The molecule has 178 valence electrons. The van der Waals surface area contributed by atoms with Gasteiger partial charge in [-0.2, -0.15) is 10.1 Å². The highest BCUT2D eigenvalue weighted by molar-refractivity contribution is 5.96. The third-order valence-corrected chi connectivity index (χ3v) is 5.06. The second-order valence-corrected chi connectivity index (χ2v) is 7.35. The van der Waals surface area contributed by atoms with Crippen LogP contribution in [0.1, 0.15) is 31.8 Å². The minimum atomic E-state index is -0.423. The van der Waals surface area contributed by atoms with Crippen LogP contribution in [-0.2, 0) is 17.9 Å². The number of rotatable bonds is 9. The zero-order valence-corrected chi connectivity index (χ0v) is 19.2. The number of esters is 1. The van der Waals surface area contributed by atoms with Crippen LogP contribution in [0.3, 0.4) is 0 Å². The lowest BCUT2D eigenvalue weighted by Gasteiger charge is -2.12. The second-order valence-electron chi connectivity index (χ2n) is 7.35. The van der Waals surface area contributed by atoms with Crippen LogP contribution in [-0.4, -0.2) is 45.8 Å². The van der Waals surface area contributed by atoms with E-state index in [0.29, 0.717) is 5.56 Å². The summed E-state index contributed by atoms with van der Waals surface area (Å²) >= 11 is 0. The Bertz CT molecular complexity index is 1290. The maximum atomic E-state index is 13.0. The van der Waals surface area contributed by atoms with E-state index >= 15 is 0 Å². The molecule has 0 radical (unpaired) electrons. The summed E-state index contributed by atoms with van der Waals surface area (Å²) < 4.78 is 17.3. The van der Waals surface area contributed by atoms with E-state index in [9.17, 15) is 9.59 Å². The Morgan fingerprint density at radius 2 is 1.74 bits per heavy atom. The minimum Gasteiger partial charge on any atom is -0.497 e. The van der Waals surface area contributed by atoms with Crippen molar-refractivity contribution >= 4 is 11.9 Å². The Balaban J connectivity index is 1.50. The molecule has 0 fully saturated rings. The van der Waals surface area contributed by atoms with E-state index in [1.165, 1.54) is 18.0 Å². The average molecular weight is 473 g/mol. The number of hydrogen-bond acceptors (Lipinski definition) is 8. The first-order valence-corrected chi connectivity index (χ1v) is 10.7. The highest BCUT2D eigenvalue weighted by atomic mass is 16.5. The van der Waals surface area contributed by atoms with Crippen molar-refractivity contribution in [3.05, 3.63) is 95.4 Å². The van der Waals surface area contributed by atoms with Gasteiger partial charge < -0.3 is 19.5 Å². The van der Waals surface area contributed by atoms with E-state index in [4.69, 9.17) is 14.2 Å². The molecule has 0 saturated carbocycles. The molecule has 35 heavy (non-hydrogen) atoms. The van der Waals surface area contributed by atoms with Crippen molar-refractivity contribution in [2.75, 3.05) is 14.2 Å². The molecule has 4 aromatic rings. The van der Waals surface area contributed by atoms with Crippen molar-refractivity contribution < 1.29 is 23.8 Å². The molecule has 4 rings (SSSR count). The third-order valence-electron chi connectivity index (χ3n) is 5.06. The summed E-state index contributed by atoms with van der Waals surface area (Å²) in [7, 11) is 2.92. The number of benzene rings is 2. The minimum absolute atomic E-state index is 0.125. The number of nitrogens with zero attached hydrogens (tertiary/aromatic N) is 4. The normalized spacial score (nSPS) is 10.5. The van der Waals surface area contributed by atoms with E-state index in [-0.39, 0.29) is 30.5 Å². The van der Waals surface area contributed by atoms with E-state index in [1.807, 2.05) is 24.3 Å². The number of nitrogens with one attached hydrogen (secondary N) is 1. The number of amides is 1. The van der Waals surface area contributed by atoms with Gasteiger partial charge >= 0.3 is 5.97 Å². The largest absolute Gasteiger partial charge is 0.497 e. The fourth-order valence-electron chi connectivity index (χ4n) is 3.15. The first kappa shape index (κ1) is 23.4. The van der Waals surface area contributed by atoms with Crippen LogP contribution >= 0.6 is 0 Å². The maximum absolute atomic E-state index is 13.0. The summed E-state index contributed by atoms with van der Waals surface area (Å²) in [6.45, 7) is 0.425. The Labute approximate surface area is 201 Å². The lowest BCUT2D eigenvalue weighted by molar-refractivity contribution is 0.0600. The standard InChI is InChI=1S/C25H23N5O5/c1-33-20-10-6-18(7-11-20)16-35-23-21(15-27-25(29-23)30-13-3-12-28-30)22(31)26-14-17-4-8-19(9-5-17)24(32)34-2/h3-13,15H,14,16H2,1-2H3,(H,26,31). The third kappa shape index (κ3) is 5.80. The van der Waals surface area contributed by atoms with Gasteiger partial charge in [0.15, 0.2) is 0 Å². The summed E-state index contributed by atoms with van der Waals surface area (Å²) in [5.74, 6) is 0.304. The summed E-state index contributed by atoms with van der Waals surface area (Å²) in [4.78, 5) is 33.2. The van der Waals surface area contributed by atoms with E-state index in [2.05, 4.69) is 20.4 Å². The second kappa shape index (κ2) is 10.9. The summed E-state index contributed by atoms with van der Waals surface area (Å²) in [6.07, 6.45) is 4.71. The summed E-state index contributed by atoms with van der Waals surface area (Å²) in [5.41, 5.74) is 2.29. The van der Waals surface area contributed by atoms with Gasteiger partial charge in [-0.3, -0.25) is 4.79 Å². The highest BCUT2D eigenvalue weighted by Gasteiger charge is 2.17. The van der Waals surface area contributed by atoms with Crippen LogP contribution < -0.4 is 14.8 Å². The van der Waals surface area contributed by atoms with Crippen molar-refractivity contribution in [3.8, 4) is 17.6 Å². The monoisotopic (exact) mass is 473 g/mol. The van der Waals surface area contributed by atoms with Gasteiger partial charge in [0.25, 0.3) is 11.9 Å². The van der Waals surface area contributed by atoms with Crippen LogP contribution in [0.5, 0.6) is 11.6 Å². The molecule has 2 aromatic heterocycles. The Hall–Kier alpha value is -4.73. The molecule has 0 atom stereocenters. The summed E-state index contributed by atoms with van der Waals surface area (Å²) in [5, 5.41) is 6.96. The molecule has 1 N–H and O–H groups in total. The molecule has 10 nitrogen and oxygen atoms in total. The van der Waals surface area contributed by atoms with Crippen LogP contribution in [0.4, 0.5) is 0 Å². The smallest absolute Gasteiger partial charge is 0.337 e. The maximum Gasteiger partial charge on any atom is 0.337 e. The predicted octanol–water partition coefficient (Wildman–Crippen LogP) is 2.97. The molecule has 0 aliphatic carbocycles. The Morgan fingerprint density at radius 1 is 1.00 bits per heavy atom. The number of carbonyl (C=O) groups excluding carboxylic acids is 2. The molecule has 0 bridgehead atoms. The molecule has 0 unspecified atom stereocenters.